The summed E-state index contributed by atoms with van der Waals surface area (Å²) in [5.41, 5.74) is 0. The Hall–Kier alpha value is -1.47. The van der Waals surface area contributed by atoms with Gasteiger partial charge in [-0.15, -0.1) is 0 Å². The quantitative estimate of drug-likeness (QED) is 0.792. The first-order valence-corrected chi connectivity index (χ1v) is 6.60. The van der Waals surface area contributed by atoms with Crippen molar-refractivity contribution in [1.82, 2.24) is 10.6 Å². The average molecular weight is 295 g/mol. The van der Waals surface area contributed by atoms with Crippen LogP contribution in [0, 0.1) is 5.92 Å². The summed E-state index contributed by atoms with van der Waals surface area (Å²) in [4.78, 5) is 22.2. The van der Waals surface area contributed by atoms with Gasteiger partial charge in [0.2, 0.25) is 5.91 Å². The number of amides is 2. The smallest absolute Gasteiger partial charge is 0.405 e. The third-order valence-corrected chi connectivity index (χ3v) is 3.37. The molecule has 8 heteroatoms. The number of rotatable bonds is 5. The first-order chi connectivity index (χ1) is 9.28. The molecule has 2 N–H and O–H groups in total. The van der Waals surface area contributed by atoms with Crippen LogP contribution in [0.4, 0.5) is 18.0 Å². The molecule has 0 unspecified atom stereocenters. The molecule has 0 aromatic carbocycles. The number of nitrogens with one attached hydrogen (secondary N) is 2. The van der Waals surface area contributed by atoms with Gasteiger partial charge in [-0.25, -0.2) is 0 Å². The molecule has 0 spiro atoms. The van der Waals surface area contributed by atoms with Crippen molar-refractivity contribution in [2.75, 3.05) is 6.54 Å². The molecule has 0 heterocycles. The maximum Gasteiger partial charge on any atom is 0.405 e. The first kappa shape index (κ1) is 16.6. The third-order valence-electron chi connectivity index (χ3n) is 3.37. The molecule has 20 heavy (non-hydrogen) atoms. The van der Waals surface area contributed by atoms with Crippen LogP contribution in [0.1, 0.15) is 38.5 Å². The molecule has 0 bridgehead atoms. The van der Waals surface area contributed by atoms with Crippen molar-refractivity contribution in [2.24, 2.45) is 5.92 Å². The van der Waals surface area contributed by atoms with Gasteiger partial charge in [0.15, 0.2) is 0 Å². The summed E-state index contributed by atoms with van der Waals surface area (Å²) in [7, 11) is 0. The molecule has 1 fully saturated rings. The van der Waals surface area contributed by atoms with Gasteiger partial charge < -0.3 is 20.5 Å². The van der Waals surface area contributed by atoms with Crippen LogP contribution < -0.4 is 15.7 Å². The predicted octanol–water partition coefficient (Wildman–Crippen LogP) is 0.937. The standard InChI is InChI=1S/C12H19F3N2O3/c13-12(14,15)7-16-10(18)9(17-11(19)20)6-8-4-2-1-3-5-8/h8-9,17H,1-7H2,(H,16,18)(H,19,20)/p-1/t9-/m0/s1. The predicted molar refractivity (Wildman–Crippen MR) is 62.6 cm³/mol. The van der Waals surface area contributed by atoms with Crippen molar-refractivity contribution >= 4 is 12.0 Å². The monoisotopic (exact) mass is 295 g/mol. The molecule has 1 atom stereocenters. The minimum absolute atomic E-state index is 0.150. The van der Waals surface area contributed by atoms with Gasteiger partial charge in [0.1, 0.15) is 18.7 Å². The fourth-order valence-electron chi connectivity index (χ4n) is 2.44. The molecule has 1 rings (SSSR count). The summed E-state index contributed by atoms with van der Waals surface area (Å²) >= 11 is 0. The average Bonchev–Trinajstić information content (AvgIpc) is 2.35. The van der Waals surface area contributed by atoms with Crippen molar-refractivity contribution in [3.05, 3.63) is 0 Å². The molecule has 116 valence electrons. The zero-order valence-electron chi connectivity index (χ0n) is 11.0. The molecular formula is C12H18F3N2O3-. The largest absolute Gasteiger partial charge is 0.530 e. The van der Waals surface area contributed by atoms with E-state index in [1.807, 2.05) is 5.32 Å². The van der Waals surface area contributed by atoms with E-state index in [2.05, 4.69) is 0 Å². The zero-order chi connectivity index (χ0) is 15.2. The fourth-order valence-corrected chi connectivity index (χ4v) is 2.44. The highest BCUT2D eigenvalue weighted by Gasteiger charge is 2.30. The van der Waals surface area contributed by atoms with E-state index in [1.165, 1.54) is 0 Å². The Morgan fingerprint density at radius 2 is 1.80 bits per heavy atom. The summed E-state index contributed by atoms with van der Waals surface area (Å²) in [5, 5.41) is 14.1. The topological polar surface area (TPSA) is 81.3 Å². The number of alkyl halides is 3. The maximum absolute atomic E-state index is 12.0. The molecule has 0 radical (unpaired) electrons. The van der Waals surface area contributed by atoms with Crippen LogP contribution in [0.3, 0.4) is 0 Å². The summed E-state index contributed by atoms with van der Waals surface area (Å²) in [6.07, 6.45) is -1.18. The second-order valence-electron chi connectivity index (χ2n) is 5.06. The SMILES string of the molecule is O=C([O-])N[C@@H](CC1CCCCC1)C(=O)NCC(F)(F)F. The van der Waals surface area contributed by atoms with E-state index in [0.29, 0.717) is 0 Å². The van der Waals surface area contributed by atoms with Gasteiger partial charge in [0.25, 0.3) is 0 Å². The lowest BCUT2D eigenvalue weighted by molar-refractivity contribution is -0.251. The molecule has 0 aromatic heterocycles. The van der Waals surface area contributed by atoms with Crippen LogP contribution in [0.2, 0.25) is 0 Å². The van der Waals surface area contributed by atoms with Crippen molar-refractivity contribution in [2.45, 2.75) is 50.7 Å². The van der Waals surface area contributed by atoms with Crippen LogP contribution >= 0.6 is 0 Å². The van der Waals surface area contributed by atoms with E-state index in [-0.39, 0.29) is 12.3 Å². The summed E-state index contributed by atoms with van der Waals surface area (Å²) in [5.74, 6) is -0.811. The zero-order valence-corrected chi connectivity index (χ0v) is 11.0. The highest BCUT2D eigenvalue weighted by molar-refractivity contribution is 5.84. The van der Waals surface area contributed by atoms with Crippen LogP contribution in [-0.2, 0) is 4.79 Å². The van der Waals surface area contributed by atoms with E-state index in [9.17, 15) is 27.9 Å². The van der Waals surface area contributed by atoms with Gasteiger partial charge in [-0.3, -0.25) is 4.79 Å². The Morgan fingerprint density at radius 1 is 1.20 bits per heavy atom. The van der Waals surface area contributed by atoms with Crippen LogP contribution in [0.25, 0.3) is 0 Å². The second kappa shape index (κ2) is 7.35. The van der Waals surface area contributed by atoms with Gasteiger partial charge >= 0.3 is 6.18 Å². The molecule has 5 nitrogen and oxygen atoms in total. The highest BCUT2D eigenvalue weighted by atomic mass is 19.4. The van der Waals surface area contributed by atoms with Crippen LogP contribution in [0.5, 0.6) is 0 Å². The number of halogens is 3. The second-order valence-corrected chi connectivity index (χ2v) is 5.06. The molecule has 2 amide bonds. The number of carbonyl (C=O) groups is 2. The Bertz CT molecular complexity index is 341. The highest BCUT2D eigenvalue weighted by Crippen LogP contribution is 2.27. The normalized spacial score (nSPS) is 18.4. The van der Waals surface area contributed by atoms with Gasteiger partial charge in [0, 0.05) is 0 Å². The molecule has 0 saturated heterocycles. The Labute approximate surface area is 114 Å². The van der Waals surface area contributed by atoms with E-state index in [4.69, 9.17) is 0 Å². The Kier molecular flexibility index (Phi) is 6.09. The molecule has 1 saturated carbocycles. The Morgan fingerprint density at radius 3 is 2.30 bits per heavy atom. The van der Waals surface area contributed by atoms with E-state index in [0.717, 1.165) is 32.1 Å². The summed E-state index contributed by atoms with van der Waals surface area (Å²) in [6.45, 7) is -1.47. The van der Waals surface area contributed by atoms with E-state index < -0.39 is 30.8 Å². The van der Waals surface area contributed by atoms with Gasteiger partial charge in [-0.05, 0) is 12.3 Å². The summed E-state index contributed by atoms with van der Waals surface area (Å²) < 4.78 is 36.1. The van der Waals surface area contributed by atoms with Crippen molar-refractivity contribution in [3.63, 3.8) is 0 Å². The van der Waals surface area contributed by atoms with Crippen molar-refractivity contribution < 1.29 is 27.9 Å². The van der Waals surface area contributed by atoms with E-state index in [1.54, 1.807) is 5.32 Å². The number of carboxylic acid groups (broad SMARTS) is 1. The molecule has 1 aliphatic carbocycles. The number of hydrogen-bond acceptors (Lipinski definition) is 3. The van der Waals surface area contributed by atoms with Crippen LogP contribution in [-0.4, -0.2) is 30.8 Å². The molecule has 1 aliphatic rings. The lowest BCUT2D eigenvalue weighted by atomic mass is 9.84. The number of hydrogen-bond donors (Lipinski definition) is 2. The fraction of sp³-hybridized carbons (Fsp3) is 0.833. The maximum atomic E-state index is 12.0. The van der Waals surface area contributed by atoms with Crippen molar-refractivity contribution in [1.29, 1.82) is 0 Å². The van der Waals surface area contributed by atoms with Gasteiger partial charge in [-0.2, -0.15) is 13.2 Å². The molecular weight excluding hydrogens is 277 g/mol. The molecule has 0 aromatic rings. The lowest BCUT2D eigenvalue weighted by Crippen LogP contribution is -2.52. The minimum Gasteiger partial charge on any atom is -0.530 e. The summed E-state index contributed by atoms with van der Waals surface area (Å²) in [6, 6.07) is -1.19. The number of carbonyl (C=O) groups excluding carboxylic acids is 2. The van der Waals surface area contributed by atoms with Gasteiger partial charge in [0.05, 0.1) is 0 Å². The van der Waals surface area contributed by atoms with Crippen LogP contribution in [0.15, 0.2) is 0 Å². The first-order valence-electron chi connectivity index (χ1n) is 6.60. The van der Waals surface area contributed by atoms with E-state index >= 15 is 0 Å². The Balaban J connectivity index is 2.53. The minimum atomic E-state index is -4.52. The van der Waals surface area contributed by atoms with Crippen molar-refractivity contribution in [3.8, 4) is 0 Å². The molecule has 0 aliphatic heterocycles. The third kappa shape index (κ3) is 6.63. The lowest BCUT2D eigenvalue weighted by Gasteiger charge is -2.27. The van der Waals surface area contributed by atoms with Gasteiger partial charge in [-0.1, -0.05) is 32.1 Å².